The summed E-state index contributed by atoms with van der Waals surface area (Å²) in [5, 5.41) is 31.1. The number of carboxylic acids is 3. The molecular formula is C37H70N8O8. The number of hydrogen-bond acceptors (Lipinski definition) is 11. The summed E-state index contributed by atoms with van der Waals surface area (Å²) >= 11 is 0. The Bertz CT molecular complexity index is 1050. The topological polar surface area (TPSA) is 181 Å². The normalized spacial score (nSPS) is 20.1. The van der Waals surface area contributed by atoms with E-state index in [1.807, 2.05) is 23.6 Å². The third-order valence-corrected chi connectivity index (χ3v) is 10.3. The van der Waals surface area contributed by atoms with E-state index >= 15 is 0 Å². The summed E-state index contributed by atoms with van der Waals surface area (Å²) in [6.07, 6.45) is 7.50. The van der Waals surface area contributed by atoms with Crippen LogP contribution in [-0.2, 0) is 24.0 Å². The van der Waals surface area contributed by atoms with Gasteiger partial charge in [0.1, 0.15) is 0 Å². The molecule has 0 spiro atoms. The quantitative estimate of drug-likeness (QED) is 0.143. The van der Waals surface area contributed by atoms with Crippen molar-refractivity contribution in [2.24, 2.45) is 0 Å². The summed E-state index contributed by atoms with van der Waals surface area (Å²) in [7, 11) is 0. The Kier molecular flexibility index (Phi) is 23.4. The Labute approximate surface area is 317 Å². The van der Waals surface area contributed by atoms with Crippen LogP contribution in [0, 0.1) is 0 Å². The number of carbonyl (C=O) groups excluding carboxylic acids is 2. The third-order valence-electron chi connectivity index (χ3n) is 10.3. The smallest absolute Gasteiger partial charge is 0.317 e. The Morgan fingerprint density at radius 1 is 0.547 bits per heavy atom. The van der Waals surface area contributed by atoms with Crippen molar-refractivity contribution in [3.05, 3.63) is 0 Å². The van der Waals surface area contributed by atoms with Gasteiger partial charge in [0.2, 0.25) is 11.8 Å². The molecule has 0 unspecified atom stereocenters. The molecule has 16 heteroatoms. The first kappa shape index (κ1) is 46.3. The maximum Gasteiger partial charge on any atom is 0.317 e. The maximum absolute atomic E-state index is 12.9. The molecule has 53 heavy (non-hydrogen) atoms. The molecule has 3 aliphatic rings. The van der Waals surface area contributed by atoms with Gasteiger partial charge < -0.3 is 30.4 Å². The molecule has 0 aliphatic carbocycles. The average molecular weight is 755 g/mol. The van der Waals surface area contributed by atoms with E-state index < -0.39 is 17.9 Å². The molecule has 0 atom stereocenters. The number of aliphatic carboxylic acids is 3. The molecule has 0 aromatic carbocycles. The van der Waals surface area contributed by atoms with Gasteiger partial charge in [-0.3, -0.25) is 48.5 Å². The van der Waals surface area contributed by atoms with Crippen LogP contribution in [0.25, 0.3) is 0 Å². The highest BCUT2D eigenvalue weighted by Crippen LogP contribution is 2.20. The van der Waals surface area contributed by atoms with E-state index in [1.165, 1.54) is 19.4 Å². The number of amides is 2. The molecule has 0 saturated carbocycles. The Balaban J connectivity index is 0.00000477. The van der Waals surface area contributed by atoms with Crippen LogP contribution in [0.15, 0.2) is 0 Å². The number of unbranched alkanes of at least 4 members (excludes halogenated alkanes) is 3. The lowest BCUT2D eigenvalue weighted by Crippen LogP contribution is -2.53. The number of carbonyl (C=O) groups is 5. The van der Waals surface area contributed by atoms with Crippen molar-refractivity contribution in [2.75, 3.05) is 131 Å². The fraction of sp³-hybridized carbons (Fsp3) is 0.865. The summed E-state index contributed by atoms with van der Waals surface area (Å²) in [5.41, 5.74) is 0. The molecule has 306 valence electrons. The van der Waals surface area contributed by atoms with Gasteiger partial charge in [-0.2, -0.15) is 0 Å². The Hall–Kier alpha value is -2.89. The molecule has 0 radical (unpaired) electrons. The molecule has 4 N–H and O–H groups in total. The molecule has 3 rings (SSSR count). The zero-order valence-electron chi connectivity index (χ0n) is 32.9. The van der Waals surface area contributed by atoms with Crippen LogP contribution in [-0.4, -0.2) is 216 Å². The lowest BCUT2D eigenvalue weighted by Gasteiger charge is -2.42. The highest BCUT2D eigenvalue weighted by molar-refractivity contribution is 5.78. The number of carboxylic acid groups (broad SMARTS) is 3. The van der Waals surface area contributed by atoms with Gasteiger partial charge in [-0.05, 0) is 38.6 Å². The van der Waals surface area contributed by atoms with Gasteiger partial charge in [0.25, 0.3) is 0 Å². The molecule has 3 heterocycles. The second-order valence-electron chi connectivity index (χ2n) is 14.3. The number of likely N-dealkylation sites (tertiary alicyclic amines) is 1. The molecule has 2 amide bonds. The van der Waals surface area contributed by atoms with Gasteiger partial charge in [0.05, 0.1) is 26.2 Å². The zero-order chi connectivity index (χ0) is 39.0. The first-order valence-corrected chi connectivity index (χ1v) is 20.1. The Morgan fingerprint density at radius 3 is 1.42 bits per heavy atom. The highest BCUT2D eigenvalue weighted by Gasteiger charge is 2.29. The van der Waals surface area contributed by atoms with E-state index in [4.69, 9.17) is 0 Å². The van der Waals surface area contributed by atoms with Crippen molar-refractivity contribution >= 4 is 29.7 Å². The van der Waals surface area contributed by atoms with Crippen molar-refractivity contribution in [3.8, 4) is 0 Å². The summed E-state index contributed by atoms with van der Waals surface area (Å²) in [6.45, 7) is 16.4. The molecule has 0 aromatic heterocycles. The van der Waals surface area contributed by atoms with E-state index in [1.54, 1.807) is 14.7 Å². The van der Waals surface area contributed by atoms with Crippen LogP contribution >= 0.6 is 0 Å². The van der Waals surface area contributed by atoms with Crippen LogP contribution in [0.5, 0.6) is 0 Å². The second kappa shape index (κ2) is 26.8. The van der Waals surface area contributed by atoms with Gasteiger partial charge in [0.15, 0.2) is 0 Å². The number of rotatable bonds is 18. The minimum atomic E-state index is -1.00. The van der Waals surface area contributed by atoms with E-state index in [-0.39, 0.29) is 38.0 Å². The standard InChI is InChI=1S/C35H64N8O8.C2H6/c1-2-3-11-37-22-24-42(25-23-37)30-8-12-43(13-9-30)32(45)7-5-4-6-10-36-31(44)26-38-14-16-39(27-33(46)47)18-20-41(29-35(50)51)21-19-40(17-15-38)28-34(48)49;1-2/h30H,2-29H2,1H3,(H,36,44)(H,46,47)(H,48,49)(H,50,51);1-2H3. The summed E-state index contributed by atoms with van der Waals surface area (Å²) < 4.78 is 0. The van der Waals surface area contributed by atoms with Crippen LogP contribution in [0.3, 0.4) is 0 Å². The molecular weight excluding hydrogens is 684 g/mol. The third kappa shape index (κ3) is 19.8. The highest BCUT2D eigenvalue weighted by atomic mass is 16.4. The van der Waals surface area contributed by atoms with Crippen LogP contribution in [0.2, 0.25) is 0 Å². The van der Waals surface area contributed by atoms with Gasteiger partial charge in [-0.1, -0.05) is 33.6 Å². The van der Waals surface area contributed by atoms with Gasteiger partial charge in [-0.25, -0.2) is 0 Å². The molecule has 0 bridgehead atoms. The lowest BCUT2D eigenvalue weighted by molar-refractivity contribution is -0.140. The lowest BCUT2D eigenvalue weighted by atomic mass is 10.0. The number of nitrogens with zero attached hydrogens (tertiary/aromatic N) is 7. The van der Waals surface area contributed by atoms with Crippen LogP contribution < -0.4 is 5.32 Å². The van der Waals surface area contributed by atoms with Crippen molar-refractivity contribution in [1.29, 1.82) is 0 Å². The fourth-order valence-corrected chi connectivity index (χ4v) is 7.22. The first-order valence-electron chi connectivity index (χ1n) is 20.1. The zero-order valence-corrected chi connectivity index (χ0v) is 32.9. The van der Waals surface area contributed by atoms with Crippen molar-refractivity contribution in [2.45, 2.75) is 78.2 Å². The minimum Gasteiger partial charge on any atom is -0.480 e. The van der Waals surface area contributed by atoms with Gasteiger partial charge in [-0.15, -0.1) is 0 Å². The van der Waals surface area contributed by atoms with Crippen molar-refractivity contribution in [3.63, 3.8) is 0 Å². The number of nitrogens with one attached hydrogen (secondary N) is 1. The molecule has 3 aliphatic heterocycles. The fourth-order valence-electron chi connectivity index (χ4n) is 7.22. The summed E-state index contributed by atoms with van der Waals surface area (Å²) in [6, 6.07) is 0.580. The van der Waals surface area contributed by atoms with E-state index in [0.29, 0.717) is 71.4 Å². The molecule has 0 aromatic rings. The van der Waals surface area contributed by atoms with Crippen molar-refractivity contribution in [1.82, 2.24) is 39.6 Å². The number of hydrogen-bond donors (Lipinski definition) is 4. The number of piperidine rings is 1. The average Bonchev–Trinajstić information content (AvgIpc) is 3.13. The van der Waals surface area contributed by atoms with E-state index in [0.717, 1.165) is 71.4 Å². The van der Waals surface area contributed by atoms with Gasteiger partial charge in [0, 0.05) is 111 Å². The predicted octanol–water partition coefficient (Wildman–Crippen LogP) is 0.573. The maximum atomic E-state index is 12.9. The molecule has 16 nitrogen and oxygen atoms in total. The van der Waals surface area contributed by atoms with E-state index in [2.05, 4.69) is 22.0 Å². The summed E-state index contributed by atoms with van der Waals surface area (Å²) in [4.78, 5) is 74.4. The largest absolute Gasteiger partial charge is 0.480 e. The number of piperazine rings is 1. The van der Waals surface area contributed by atoms with Crippen LogP contribution in [0.1, 0.15) is 72.1 Å². The molecule has 3 saturated heterocycles. The second-order valence-corrected chi connectivity index (χ2v) is 14.3. The van der Waals surface area contributed by atoms with Gasteiger partial charge >= 0.3 is 17.9 Å². The SMILES string of the molecule is CC.CCCCN1CCN(C2CCN(C(=O)CCCCCNC(=O)CN3CCN(CC(=O)O)CCN(CC(=O)O)CCN(CC(=O)O)CC3)CC2)CC1. The first-order chi connectivity index (χ1) is 25.5. The minimum absolute atomic E-state index is 0.0932. The predicted molar refractivity (Wildman–Crippen MR) is 204 cm³/mol. The Morgan fingerprint density at radius 2 is 0.981 bits per heavy atom. The van der Waals surface area contributed by atoms with E-state index in [9.17, 15) is 39.3 Å². The van der Waals surface area contributed by atoms with Crippen molar-refractivity contribution < 1.29 is 39.3 Å². The molecule has 3 fully saturated rings. The van der Waals surface area contributed by atoms with Crippen LogP contribution in [0.4, 0.5) is 0 Å². The monoisotopic (exact) mass is 755 g/mol. The summed E-state index contributed by atoms with van der Waals surface area (Å²) in [5.74, 6) is -2.92.